The zero-order valence-corrected chi connectivity index (χ0v) is 12.9. The number of rotatable bonds is 5. The molecule has 1 aliphatic carbocycles. The van der Waals surface area contributed by atoms with Crippen molar-refractivity contribution >= 4 is 5.97 Å². The van der Waals surface area contributed by atoms with Gasteiger partial charge in [-0.05, 0) is 41.7 Å². The number of benzene rings is 2. The summed E-state index contributed by atoms with van der Waals surface area (Å²) in [7, 11) is 1.65. The summed E-state index contributed by atoms with van der Waals surface area (Å²) in [6, 6.07) is 15.9. The molecule has 2 aromatic carbocycles. The second-order valence-corrected chi connectivity index (χ2v) is 5.93. The molecule has 2 fully saturated rings. The second kappa shape index (κ2) is 5.70. The van der Waals surface area contributed by atoms with Gasteiger partial charge >= 0.3 is 5.97 Å². The van der Waals surface area contributed by atoms with E-state index in [1.54, 1.807) is 7.11 Å². The van der Waals surface area contributed by atoms with Crippen LogP contribution in [0.4, 0.5) is 0 Å². The summed E-state index contributed by atoms with van der Waals surface area (Å²) in [4.78, 5) is 12.0. The lowest BCUT2D eigenvalue weighted by Gasteiger charge is -2.10. The summed E-state index contributed by atoms with van der Waals surface area (Å²) >= 11 is 0. The topological polar surface area (TPSA) is 48.1 Å². The van der Waals surface area contributed by atoms with Gasteiger partial charge in [-0.1, -0.05) is 36.4 Å². The van der Waals surface area contributed by atoms with Crippen molar-refractivity contribution < 1.29 is 19.0 Å². The molecule has 0 amide bonds. The van der Waals surface area contributed by atoms with Crippen LogP contribution in [0.5, 0.6) is 5.75 Å². The summed E-state index contributed by atoms with van der Waals surface area (Å²) in [6.07, 6.45) is 1.34. The molecule has 1 aliphatic heterocycles. The first-order valence-electron chi connectivity index (χ1n) is 7.85. The van der Waals surface area contributed by atoms with E-state index < -0.39 is 6.10 Å². The van der Waals surface area contributed by atoms with Gasteiger partial charge in [0.05, 0.1) is 7.11 Å². The van der Waals surface area contributed by atoms with E-state index in [4.69, 9.17) is 14.2 Å². The van der Waals surface area contributed by atoms with E-state index >= 15 is 0 Å². The molecule has 1 heterocycles. The molecular weight excluding hydrogens is 292 g/mol. The maximum Gasteiger partial charge on any atom is 0.338 e. The van der Waals surface area contributed by atoms with E-state index in [0.717, 1.165) is 35.3 Å². The number of methoxy groups -OCH3 is 1. The number of hydrogen-bond donors (Lipinski definition) is 0. The largest absolute Gasteiger partial charge is 0.497 e. The molecule has 4 rings (SSSR count). The molecule has 4 nitrogen and oxygen atoms in total. The average Bonchev–Trinajstić information content (AvgIpc) is 3.49. The second-order valence-electron chi connectivity index (χ2n) is 5.93. The highest BCUT2D eigenvalue weighted by Gasteiger charge is 2.49. The Morgan fingerprint density at radius 2 is 1.91 bits per heavy atom. The molecule has 0 N–H and O–H groups in total. The van der Waals surface area contributed by atoms with Crippen LogP contribution in [0.15, 0.2) is 48.5 Å². The molecule has 2 atom stereocenters. The molecule has 0 radical (unpaired) electrons. The van der Waals surface area contributed by atoms with Crippen LogP contribution < -0.4 is 4.74 Å². The highest BCUT2D eigenvalue weighted by atomic mass is 16.6. The molecule has 2 unspecified atom stereocenters. The minimum absolute atomic E-state index is 0.108. The minimum Gasteiger partial charge on any atom is -0.497 e. The van der Waals surface area contributed by atoms with Gasteiger partial charge in [-0.25, -0.2) is 4.79 Å². The van der Waals surface area contributed by atoms with E-state index in [2.05, 4.69) is 0 Å². The Balaban J connectivity index is 1.62. The predicted octanol–water partition coefficient (Wildman–Crippen LogP) is 3.51. The Morgan fingerprint density at radius 3 is 2.61 bits per heavy atom. The van der Waals surface area contributed by atoms with E-state index in [1.807, 2.05) is 48.5 Å². The van der Waals surface area contributed by atoms with E-state index in [0.29, 0.717) is 0 Å². The molecule has 0 spiro atoms. The number of carbonyl (C=O) groups is 1. The van der Waals surface area contributed by atoms with Gasteiger partial charge < -0.3 is 14.2 Å². The molecule has 0 aromatic heterocycles. The summed E-state index contributed by atoms with van der Waals surface area (Å²) in [5.41, 5.74) is 3.10. The zero-order chi connectivity index (χ0) is 15.8. The van der Waals surface area contributed by atoms with Crippen molar-refractivity contribution in [3.63, 3.8) is 0 Å². The van der Waals surface area contributed by atoms with Crippen molar-refractivity contribution in [2.24, 2.45) is 0 Å². The fourth-order valence-electron chi connectivity index (χ4n) is 2.72. The maximum absolute atomic E-state index is 12.0. The van der Waals surface area contributed by atoms with Crippen LogP contribution in [0, 0.1) is 0 Å². The lowest BCUT2D eigenvalue weighted by Crippen LogP contribution is -2.13. The first-order valence-corrected chi connectivity index (χ1v) is 7.85. The van der Waals surface area contributed by atoms with Crippen LogP contribution in [0.1, 0.15) is 24.5 Å². The van der Waals surface area contributed by atoms with Crippen molar-refractivity contribution in [2.75, 3.05) is 7.11 Å². The Kier molecular flexibility index (Phi) is 3.54. The summed E-state index contributed by atoms with van der Waals surface area (Å²) in [5, 5.41) is 0. The highest BCUT2D eigenvalue weighted by Crippen LogP contribution is 2.45. The SMILES string of the molecule is COc1ccc(C2OC2C(=O)OC2CC2)c(-c2ccccc2)c1. The molecule has 118 valence electrons. The van der Waals surface area contributed by atoms with Gasteiger partial charge in [0.25, 0.3) is 0 Å². The van der Waals surface area contributed by atoms with Gasteiger partial charge in [-0.3, -0.25) is 0 Å². The van der Waals surface area contributed by atoms with Crippen LogP contribution in [0.3, 0.4) is 0 Å². The normalized spacial score (nSPS) is 22.5. The van der Waals surface area contributed by atoms with Crippen LogP contribution >= 0.6 is 0 Å². The molecule has 1 saturated heterocycles. The van der Waals surface area contributed by atoms with E-state index in [-0.39, 0.29) is 18.2 Å². The van der Waals surface area contributed by atoms with E-state index in [9.17, 15) is 4.79 Å². The van der Waals surface area contributed by atoms with Gasteiger partial charge in [0.15, 0.2) is 6.10 Å². The third-order valence-electron chi connectivity index (χ3n) is 4.18. The Hall–Kier alpha value is -2.33. The molecule has 23 heavy (non-hydrogen) atoms. The first-order chi connectivity index (χ1) is 11.3. The Morgan fingerprint density at radius 1 is 1.13 bits per heavy atom. The third-order valence-corrected chi connectivity index (χ3v) is 4.18. The molecule has 4 heteroatoms. The number of esters is 1. The molecule has 2 aromatic rings. The van der Waals surface area contributed by atoms with Crippen molar-refractivity contribution in [2.45, 2.75) is 31.2 Å². The molecule has 2 aliphatic rings. The highest BCUT2D eigenvalue weighted by molar-refractivity contribution is 5.80. The lowest BCUT2D eigenvalue weighted by atomic mass is 9.96. The van der Waals surface area contributed by atoms with Crippen molar-refractivity contribution in [3.05, 3.63) is 54.1 Å². The summed E-state index contributed by atoms with van der Waals surface area (Å²) < 4.78 is 16.3. The van der Waals surface area contributed by atoms with Crippen molar-refractivity contribution in [1.29, 1.82) is 0 Å². The lowest BCUT2D eigenvalue weighted by molar-refractivity contribution is -0.146. The average molecular weight is 310 g/mol. The number of epoxide rings is 1. The smallest absolute Gasteiger partial charge is 0.338 e. The van der Waals surface area contributed by atoms with Gasteiger partial charge in [0, 0.05) is 0 Å². The summed E-state index contributed by atoms with van der Waals surface area (Å²) in [6.45, 7) is 0. The summed E-state index contributed by atoms with van der Waals surface area (Å²) in [5.74, 6) is 0.540. The van der Waals surface area contributed by atoms with Crippen LogP contribution in [-0.4, -0.2) is 25.3 Å². The monoisotopic (exact) mass is 310 g/mol. The number of ether oxygens (including phenoxy) is 3. The number of carbonyl (C=O) groups excluding carboxylic acids is 1. The van der Waals surface area contributed by atoms with E-state index in [1.165, 1.54) is 0 Å². The van der Waals surface area contributed by atoms with Crippen LogP contribution in [0.25, 0.3) is 11.1 Å². The van der Waals surface area contributed by atoms with Crippen LogP contribution in [-0.2, 0) is 14.3 Å². The molecule has 1 saturated carbocycles. The third kappa shape index (κ3) is 2.94. The first kappa shape index (κ1) is 14.3. The fraction of sp³-hybridized carbons (Fsp3) is 0.316. The van der Waals surface area contributed by atoms with Crippen LogP contribution in [0.2, 0.25) is 0 Å². The maximum atomic E-state index is 12.0. The molecular formula is C19H18O4. The predicted molar refractivity (Wildman–Crippen MR) is 85.2 cm³/mol. The number of hydrogen-bond acceptors (Lipinski definition) is 4. The fourth-order valence-corrected chi connectivity index (χ4v) is 2.72. The van der Waals surface area contributed by atoms with Crippen molar-refractivity contribution in [1.82, 2.24) is 0 Å². The standard InChI is InChI=1S/C19H18O4/c1-21-14-9-10-15(16(11-14)12-5-3-2-4-6-12)17-18(23-17)19(20)22-13-7-8-13/h2-6,9-11,13,17-18H,7-8H2,1H3. The Bertz CT molecular complexity index is 721. The quantitative estimate of drug-likeness (QED) is 0.626. The minimum atomic E-state index is -0.480. The Labute approximate surface area is 135 Å². The van der Waals surface area contributed by atoms with Crippen molar-refractivity contribution in [3.8, 4) is 16.9 Å². The zero-order valence-electron chi connectivity index (χ0n) is 12.9. The van der Waals surface area contributed by atoms with Gasteiger partial charge in [-0.2, -0.15) is 0 Å². The van der Waals surface area contributed by atoms with Gasteiger partial charge in [0.1, 0.15) is 18.0 Å². The molecule has 0 bridgehead atoms. The van der Waals surface area contributed by atoms with Gasteiger partial charge in [0.2, 0.25) is 0 Å². The van der Waals surface area contributed by atoms with Gasteiger partial charge in [-0.15, -0.1) is 0 Å².